The highest BCUT2D eigenvalue weighted by Crippen LogP contribution is 2.30. The van der Waals surface area contributed by atoms with Crippen molar-refractivity contribution in [1.29, 1.82) is 0 Å². The summed E-state index contributed by atoms with van der Waals surface area (Å²) in [6.07, 6.45) is -3.52. The number of nitrogens with zero attached hydrogens (tertiary/aromatic N) is 2. The molecule has 0 aliphatic carbocycles. The van der Waals surface area contributed by atoms with Gasteiger partial charge in [-0.15, -0.1) is 0 Å². The maximum atomic E-state index is 14.0. The average molecular weight is 357 g/mol. The number of pyridine rings is 2. The summed E-state index contributed by atoms with van der Waals surface area (Å²) >= 11 is 0. The first kappa shape index (κ1) is 19.3. The van der Waals surface area contributed by atoms with Crippen LogP contribution in [0, 0.1) is 11.7 Å². The maximum absolute atomic E-state index is 14.0. The van der Waals surface area contributed by atoms with Crippen LogP contribution < -0.4 is 5.32 Å². The molecule has 25 heavy (non-hydrogen) atoms. The number of hydrogen-bond donors (Lipinski definition) is 2. The van der Waals surface area contributed by atoms with E-state index >= 15 is 0 Å². The molecule has 0 fully saturated rings. The Morgan fingerprint density at radius 2 is 1.92 bits per heavy atom. The van der Waals surface area contributed by atoms with Gasteiger partial charge in [0, 0.05) is 24.3 Å². The predicted molar refractivity (Wildman–Crippen MR) is 85.0 cm³/mol. The molecule has 0 spiro atoms. The minimum atomic E-state index is -4.56. The molecular formula is C17H19F4N3O. The Bertz CT molecular complexity index is 719. The molecule has 4 nitrogen and oxygen atoms in total. The molecule has 2 aromatic rings. The number of hydrogen-bond acceptors (Lipinski definition) is 4. The number of nitrogens with one attached hydrogen (secondary N) is 1. The second-order valence-electron chi connectivity index (χ2n) is 5.97. The van der Waals surface area contributed by atoms with E-state index in [2.05, 4.69) is 15.3 Å². The normalized spacial score (nSPS) is 13.3. The molecule has 2 N–H and O–H groups in total. The van der Waals surface area contributed by atoms with E-state index in [1.165, 1.54) is 12.1 Å². The van der Waals surface area contributed by atoms with Crippen LogP contribution >= 0.6 is 0 Å². The van der Waals surface area contributed by atoms with Crippen molar-refractivity contribution < 1.29 is 22.7 Å². The van der Waals surface area contributed by atoms with Crippen LogP contribution in [0.25, 0.3) is 11.3 Å². The number of alkyl halides is 3. The fraction of sp³-hybridized carbons (Fsp3) is 0.412. The number of rotatable bonds is 6. The van der Waals surface area contributed by atoms with Crippen LogP contribution in [-0.4, -0.2) is 27.7 Å². The summed E-state index contributed by atoms with van der Waals surface area (Å²) in [6, 6.07) is 4.51. The minimum Gasteiger partial charge on any atom is -0.395 e. The quantitative estimate of drug-likeness (QED) is 0.778. The van der Waals surface area contributed by atoms with E-state index in [0.29, 0.717) is 0 Å². The van der Waals surface area contributed by atoms with Crippen LogP contribution in [0.5, 0.6) is 0 Å². The SMILES string of the molecule is CC(C)[C@H](CO)NCc1nc(-c2ccnc(C(F)(F)F)c2)ccc1F. The van der Waals surface area contributed by atoms with E-state index in [1.807, 2.05) is 13.8 Å². The molecule has 2 rings (SSSR count). The van der Waals surface area contributed by atoms with Gasteiger partial charge in [0.1, 0.15) is 11.5 Å². The Balaban J connectivity index is 2.27. The van der Waals surface area contributed by atoms with Gasteiger partial charge in [-0.05, 0) is 30.2 Å². The Labute approximate surface area is 142 Å². The Hall–Kier alpha value is -2.06. The lowest BCUT2D eigenvalue weighted by Crippen LogP contribution is -2.36. The standard InChI is InChI=1S/C17H19F4N3O/c1-10(2)15(9-25)23-8-14-12(18)3-4-13(24-14)11-5-6-22-16(7-11)17(19,20)21/h3-7,10,15,23,25H,8-9H2,1-2H3/t15-/m0/s1. The van der Waals surface area contributed by atoms with Crippen LogP contribution in [0.4, 0.5) is 17.6 Å². The number of aromatic nitrogens is 2. The monoisotopic (exact) mass is 357 g/mol. The van der Waals surface area contributed by atoms with E-state index in [9.17, 15) is 22.7 Å². The van der Waals surface area contributed by atoms with Crippen LogP contribution in [0.1, 0.15) is 25.2 Å². The maximum Gasteiger partial charge on any atom is 0.433 e. The van der Waals surface area contributed by atoms with Crippen molar-refractivity contribution in [3.05, 3.63) is 47.7 Å². The summed E-state index contributed by atoms with van der Waals surface area (Å²) in [5, 5.41) is 12.3. The molecule has 0 amide bonds. The Morgan fingerprint density at radius 1 is 1.20 bits per heavy atom. The highest BCUT2D eigenvalue weighted by molar-refractivity contribution is 5.59. The first-order valence-corrected chi connectivity index (χ1v) is 7.75. The van der Waals surface area contributed by atoms with Crippen molar-refractivity contribution in [1.82, 2.24) is 15.3 Å². The summed E-state index contributed by atoms with van der Waals surface area (Å²) in [5.74, 6) is -0.437. The molecule has 0 saturated heterocycles. The fourth-order valence-electron chi connectivity index (χ4n) is 2.25. The zero-order chi connectivity index (χ0) is 18.6. The third-order valence-corrected chi connectivity index (χ3v) is 3.80. The number of aliphatic hydroxyl groups excluding tert-OH is 1. The lowest BCUT2D eigenvalue weighted by atomic mass is 10.1. The fourth-order valence-corrected chi connectivity index (χ4v) is 2.25. The van der Waals surface area contributed by atoms with E-state index in [-0.39, 0.29) is 42.1 Å². The summed E-state index contributed by atoms with van der Waals surface area (Å²) in [4.78, 5) is 7.42. The molecule has 0 radical (unpaired) electrons. The third kappa shape index (κ3) is 4.96. The average Bonchev–Trinajstić information content (AvgIpc) is 2.56. The van der Waals surface area contributed by atoms with Crippen LogP contribution in [-0.2, 0) is 12.7 Å². The van der Waals surface area contributed by atoms with E-state index in [0.717, 1.165) is 18.3 Å². The number of aliphatic hydroxyl groups is 1. The zero-order valence-corrected chi connectivity index (χ0v) is 13.8. The van der Waals surface area contributed by atoms with Crippen molar-refractivity contribution in [2.45, 2.75) is 32.6 Å². The summed E-state index contributed by atoms with van der Waals surface area (Å²) in [7, 11) is 0. The van der Waals surface area contributed by atoms with Crippen molar-refractivity contribution >= 4 is 0 Å². The molecule has 0 aliphatic heterocycles. The van der Waals surface area contributed by atoms with Crippen LogP contribution in [0.2, 0.25) is 0 Å². The van der Waals surface area contributed by atoms with Crippen molar-refractivity contribution in [3.8, 4) is 11.3 Å². The molecule has 0 unspecified atom stereocenters. The van der Waals surface area contributed by atoms with Gasteiger partial charge >= 0.3 is 6.18 Å². The molecule has 0 bridgehead atoms. The summed E-state index contributed by atoms with van der Waals surface area (Å²) in [6.45, 7) is 3.76. The van der Waals surface area contributed by atoms with Gasteiger partial charge in [0.2, 0.25) is 0 Å². The molecule has 8 heteroatoms. The van der Waals surface area contributed by atoms with Crippen molar-refractivity contribution in [3.63, 3.8) is 0 Å². The highest BCUT2D eigenvalue weighted by atomic mass is 19.4. The summed E-state index contributed by atoms with van der Waals surface area (Å²) < 4.78 is 52.3. The van der Waals surface area contributed by atoms with Gasteiger partial charge in [0.15, 0.2) is 0 Å². The first-order valence-electron chi connectivity index (χ1n) is 7.75. The molecule has 2 heterocycles. The van der Waals surface area contributed by atoms with Gasteiger partial charge in [-0.1, -0.05) is 13.8 Å². The van der Waals surface area contributed by atoms with E-state index < -0.39 is 17.7 Å². The predicted octanol–water partition coefficient (Wildman–Crippen LogP) is 3.41. The highest BCUT2D eigenvalue weighted by Gasteiger charge is 2.32. The lowest BCUT2D eigenvalue weighted by molar-refractivity contribution is -0.141. The number of halogens is 4. The molecule has 0 saturated carbocycles. The molecule has 0 aromatic carbocycles. The van der Waals surface area contributed by atoms with Gasteiger partial charge in [-0.2, -0.15) is 13.2 Å². The van der Waals surface area contributed by atoms with Crippen LogP contribution in [0.3, 0.4) is 0 Å². The second kappa shape index (κ2) is 7.88. The van der Waals surface area contributed by atoms with Gasteiger partial charge < -0.3 is 10.4 Å². The van der Waals surface area contributed by atoms with Gasteiger partial charge in [-0.25, -0.2) is 9.37 Å². The first-order chi connectivity index (χ1) is 11.7. The van der Waals surface area contributed by atoms with Gasteiger partial charge in [-0.3, -0.25) is 4.98 Å². The molecular weight excluding hydrogens is 338 g/mol. The van der Waals surface area contributed by atoms with E-state index in [1.54, 1.807) is 0 Å². The summed E-state index contributed by atoms with van der Waals surface area (Å²) in [5.41, 5.74) is -0.541. The lowest BCUT2D eigenvalue weighted by Gasteiger charge is -2.20. The van der Waals surface area contributed by atoms with E-state index in [4.69, 9.17) is 0 Å². The second-order valence-corrected chi connectivity index (χ2v) is 5.97. The Kier molecular flexibility index (Phi) is 6.07. The molecule has 2 aromatic heterocycles. The molecule has 1 atom stereocenters. The van der Waals surface area contributed by atoms with Crippen molar-refractivity contribution in [2.75, 3.05) is 6.61 Å². The minimum absolute atomic E-state index is 0.0558. The zero-order valence-electron chi connectivity index (χ0n) is 13.8. The molecule has 136 valence electrons. The third-order valence-electron chi connectivity index (χ3n) is 3.80. The van der Waals surface area contributed by atoms with Gasteiger partial charge in [0.05, 0.1) is 18.0 Å². The molecule has 0 aliphatic rings. The van der Waals surface area contributed by atoms with Gasteiger partial charge in [0.25, 0.3) is 0 Å². The van der Waals surface area contributed by atoms with Crippen molar-refractivity contribution in [2.24, 2.45) is 5.92 Å². The smallest absolute Gasteiger partial charge is 0.395 e. The van der Waals surface area contributed by atoms with Crippen LogP contribution in [0.15, 0.2) is 30.5 Å². The largest absolute Gasteiger partial charge is 0.433 e. The topological polar surface area (TPSA) is 58.0 Å². The Morgan fingerprint density at radius 3 is 2.52 bits per heavy atom.